The highest BCUT2D eigenvalue weighted by molar-refractivity contribution is 7.80. The lowest BCUT2D eigenvalue weighted by Crippen LogP contribution is -2.45. The molecule has 1 aromatic carbocycles. The lowest BCUT2D eigenvalue weighted by atomic mass is 9.82. The second kappa shape index (κ2) is 6.02. The van der Waals surface area contributed by atoms with Crippen molar-refractivity contribution in [2.24, 2.45) is 11.7 Å². The van der Waals surface area contributed by atoms with E-state index in [4.69, 9.17) is 22.7 Å². The molecule has 4 nitrogen and oxygen atoms in total. The molecule has 1 aliphatic rings. The molecule has 1 fully saturated rings. The van der Waals surface area contributed by atoms with Gasteiger partial charge in [-0.3, -0.25) is 4.79 Å². The summed E-state index contributed by atoms with van der Waals surface area (Å²) in [5.41, 5.74) is 6.29. The molecule has 2 rings (SSSR count). The van der Waals surface area contributed by atoms with Gasteiger partial charge in [0.05, 0.1) is 0 Å². The second-order valence-corrected chi connectivity index (χ2v) is 5.46. The number of nitrogens with two attached hydrogens (primary N) is 1. The van der Waals surface area contributed by atoms with Crippen molar-refractivity contribution in [3.05, 3.63) is 29.8 Å². The van der Waals surface area contributed by atoms with Crippen LogP contribution in [0.2, 0.25) is 0 Å². The molecular formula is C14H18N2O2S. The number of amides is 1. The van der Waals surface area contributed by atoms with Crippen LogP contribution in [0.25, 0.3) is 0 Å². The number of ether oxygens (including phenoxy) is 1. The predicted octanol–water partition coefficient (Wildman–Crippen LogP) is 1.61. The quantitative estimate of drug-likeness (QED) is 0.803. The van der Waals surface area contributed by atoms with Crippen LogP contribution in [-0.4, -0.2) is 23.5 Å². The molecule has 0 spiro atoms. The second-order valence-electron chi connectivity index (χ2n) is 5.02. The molecule has 1 aliphatic carbocycles. The molecular weight excluding hydrogens is 260 g/mol. The van der Waals surface area contributed by atoms with Crippen LogP contribution >= 0.6 is 12.2 Å². The van der Waals surface area contributed by atoms with Crippen LogP contribution in [0.5, 0.6) is 5.75 Å². The molecule has 3 N–H and O–H groups in total. The molecule has 0 atom stereocenters. The topological polar surface area (TPSA) is 64.3 Å². The van der Waals surface area contributed by atoms with Gasteiger partial charge in [0.2, 0.25) is 0 Å². The van der Waals surface area contributed by atoms with E-state index in [0.717, 1.165) is 24.3 Å². The van der Waals surface area contributed by atoms with Crippen molar-refractivity contribution in [1.29, 1.82) is 0 Å². The maximum absolute atomic E-state index is 11.6. The number of carbonyl (C=O) groups is 1. The van der Waals surface area contributed by atoms with E-state index in [1.54, 1.807) is 24.3 Å². The number of hydrogen-bond donors (Lipinski definition) is 2. The van der Waals surface area contributed by atoms with Crippen molar-refractivity contribution in [3.63, 3.8) is 0 Å². The summed E-state index contributed by atoms with van der Waals surface area (Å²) in [5.74, 6) is 1.28. The number of thiocarbonyl (C=S) groups is 1. The highest BCUT2D eigenvalue weighted by Crippen LogP contribution is 2.26. The van der Waals surface area contributed by atoms with Crippen LogP contribution < -0.4 is 15.8 Å². The molecule has 0 unspecified atom stereocenters. The van der Waals surface area contributed by atoms with E-state index in [1.165, 1.54) is 0 Å². The lowest BCUT2D eigenvalue weighted by molar-refractivity contribution is -0.124. The normalized spacial score (nSPS) is 21.3. The number of carbonyl (C=O) groups excluding carboxylic acids is 1. The fourth-order valence-corrected chi connectivity index (χ4v) is 2.29. The zero-order valence-corrected chi connectivity index (χ0v) is 11.7. The standard InChI is InChI=1S/C14H18N2O2S/c1-9-6-11(7-9)16-13(17)8-18-12-4-2-10(3-5-12)14(15)19/h2-5,9,11H,6-8H2,1H3,(H2,15,19)(H,16,17). The first-order chi connectivity index (χ1) is 9.04. The van der Waals surface area contributed by atoms with Gasteiger partial charge in [-0.25, -0.2) is 0 Å². The van der Waals surface area contributed by atoms with Crippen molar-refractivity contribution < 1.29 is 9.53 Å². The summed E-state index contributed by atoms with van der Waals surface area (Å²) >= 11 is 4.86. The summed E-state index contributed by atoms with van der Waals surface area (Å²) in [4.78, 5) is 12.0. The Morgan fingerprint density at radius 3 is 2.58 bits per heavy atom. The fourth-order valence-electron chi connectivity index (χ4n) is 2.15. The average molecular weight is 278 g/mol. The van der Waals surface area contributed by atoms with Gasteiger partial charge in [-0.2, -0.15) is 0 Å². The highest BCUT2D eigenvalue weighted by Gasteiger charge is 2.26. The number of nitrogens with one attached hydrogen (secondary N) is 1. The minimum Gasteiger partial charge on any atom is -0.484 e. The van der Waals surface area contributed by atoms with Gasteiger partial charge in [0.15, 0.2) is 6.61 Å². The first-order valence-corrected chi connectivity index (χ1v) is 6.77. The predicted molar refractivity (Wildman–Crippen MR) is 78.2 cm³/mol. The third-order valence-electron chi connectivity index (χ3n) is 3.25. The van der Waals surface area contributed by atoms with Gasteiger partial charge in [0.1, 0.15) is 10.7 Å². The third-order valence-corrected chi connectivity index (χ3v) is 3.48. The van der Waals surface area contributed by atoms with Crippen molar-refractivity contribution in [1.82, 2.24) is 5.32 Å². The van der Waals surface area contributed by atoms with Crippen molar-refractivity contribution >= 4 is 23.1 Å². The smallest absolute Gasteiger partial charge is 0.258 e. The third kappa shape index (κ3) is 3.92. The van der Waals surface area contributed by atoms with E-state index in [1.807, 2.05) is 0 Å². The first-order valence-electron chi connectivity index (χ1n) is 6.36. The Kier molecular flexibility index (Phi) is 4.37. The Labute approximate surface area is 118 Å². The van der Waals surface area contributed by atoms with Crippen LogP contribution in [-0.2, 0) is 4.79 Å². The van der Waals surface area contributed by atoms with E-state index in [0.29, 0.717) is 16.8 Å². The summed E-state index contributed by atoms with van der Waals surface area (Å²) in [7, 11) is 0. The molecule has 19 heavy (non-hydrogen) atoms. The maximum Gasteiger partial charge on any atom is 0.258 e. The van der Waals surface area contributed by atoms with Gasteiger partial charge in [-0.15, -0.1) is 0 Å². The summed E-state index contributed by atoms with van der Waals surface area (Å²) in [6.45, 7) is 2.22. The molecule has 5 heteroatoms. The maximum atomic E-state index is 11.6. The molecule has 0 saturated heterocycles. The van der Waals surface area contributed by atoms with E-state index in [9.17, 15) is 4.79 Å². The van der Waals surface area contributed by atoms with Crippen LogP contribution in [0.3, 0.4) is 0 Å². The van der Waals surface area contributed by atoms with Crippen molar-refractivity contribution in [3.8, 4) is 5.75 Å². The molecule has 1 amide bonds. The van der Waals surface area contributed by atoms with Crippen LogP contribution in [0.15, 0.2) is 24.3 Å². The van der Waals surface area contributed by atoms with Gasteiger partial charge in [-0.05, 0) is 43.0 Å². The molecule has 1 aromatic rings. The van der Waals surface area contributed by atoms with Crippen LogP contribution in [0.1, 0.15) is 25.3 Å². The fraction of sp³-hybridized carbons (Fsp3) is 0.429. The Hall–Kier alpha value is -1.62. The Bertz CT molecular complexity index is 467. The molecule has 102 valence electrons. The number of hydrogen-bond acceptors (Lipinski definition) is 3. The minimum absolute atomic E-state index is 0.0390. The largest absolute Gasteiger partial charge is 0.484 e. The van der Waals surface area contributed by atoms with E-state index in [2.05, 4.69) is 12.2 Å². The summed E-state index contributed by atoms with van der Waals surface area (Å²) < 4.78 is 5.40. The van der Waals surface area contributed by atoms with Crippen molar-refractivity contribution in [2.75, 3.05) is 6.61 Å². The number of rotatable bonds is 5. The van der Waals surface area contributed by atoms with E-state index >= 15 is 0 Å². The SMILES string of the molecule is CC1CC(NC(=O)COc2ccc(C(N)=S)cc2)C1. The monoisotopic (exact) mass is 278 g/mol. The molecule has 0 bridgehead atoms. The Balaban J connectivity index is 1.75. The Morgan fingerprint density at radius 1 is 1.42 bits per heavy atom. The van der Waals surface area contributed by atoms with Crippen LogP contribution in [0.4, 0.5) is 0 Å². The van der Waals surface area contributed by atoms with E-state index < -0.39 is 0 Å². The summed E-state index contributed by atoms with van der Waals surface area (Å²) in [6, 6.07) is 7.40. The number of benzene rings is 1. The van der Waals surface area contributed by atoms with Crippen LogP contribution in [0, 0.1) is 5.92 Å². The zero-order chi connectivity index (χ0) is 13.8. The lowest BCUT2D eigenvalue weighted by Gasteiger charge is -2.33. The molecule has 0 aliphatic heterocycles. The molecule has 0 radical (unpaired) electrons. The van der Waals surface area contributed by atoms with Gasteiger partial charge in [0.25, 0.3) is 5.91 Å². The van der Waals surface area contributed by atoms with Crippen molar-refractivity contribution in [2.45, 2.75) is 25.8 Å². The van der Waals surface area contributed by atoms with Gasteiger partial charge in [-0.1, -0.05) is 19.1 Å². The zero-order valence-electron chi connectivity index (χ0n) is 10.9. The minimum atomic E-state index is -0.0738. The summed E-state index contributed by atoms with van der Waals surface area (Å²) in [5, 5.41) is 2.94. The summed E-state index contributed by atoms with van der Waals surface area (Å²) in [6.07, 6.45) is 2.13. The first kappa shape index (κ1) is 13.8. The molecule has 0 aromatic heterocycles. The van der Waals surface area contributed by atoms with Gasteiger partial charge in [0, 0.05) is 11.6 Å². The van der Waals surface area contributed by atoms with Gasteiger partial charge < -0.3 is 15.8 Å². The molecule has 1 saturated carbocycles. The van der Waals surface area contributed by atoms with Gasteiger partial charge >= 0.3 is 0 Å². The Morgan fingerprint density at radius 2 is 2.05 bits per heavy atom. The average Bonchev–Trinajstić information content (AvgIpc) is 2.35. The van der Waals surface area contributed by atoms with E-state index in [-0.39, 0.29) is 12.5 Å². The highest BCUT2D eigenvalue weighted by atomic mass is 32.1. The molecule has 0 heterocycles.